The largest absolute Gasteiger partial charge is 0.494 e. The number of carbonyl (C=O) groups is 3. The summed E-state index contributed by atoms with van der Waals surface area (Å²) in [7, 11) is 0. The molecule has 10 heteroatoms. The molecule has 0 spiro atoms. The number of fused-ring (bicyclic) bond motifs is 1. The fourth-order valence-electron chi connectivity index (χ4n) is 3.44. The van der Waals surface area contributed by atoms with Gasteiger partial charge in [0.25, 0.3) is 11.8 Å². The molecule has 200 valence electrons. The van der Waals surface area contributed by atoms with E-state index in [1.807, 2.05) is 24.3 Å². The molecule has 0 unspecified atom stereocenters. The maximum atomic E-state index is 12.6. The Labute approximate surface area is 234 Å². The minimum absolute atomic E-state index is 0.236. The van der Waals surface area contributed by atoms with Gasteiger partial charge in [0.05, 0.1) is 24.4 Å². The Morgan fingerprint density at radius 3 is 2.41 bits per heavy atom. The van der Waals surface area contributed by atoms with Crippen LogP contribution in [0.25, 0.3) is 10.1 Å². The van der Waals surface area contributed by atoms with Crippen LogP contribution in [0.3, 0.4) is 0 Å². The van der Waals surface area contributed by atoms with Crippen LogP contribution in [-0.4, -0.2) is 37.1 Å². The lowest BCUT2D eigenvalue weighted by Gasteiger charge is -2.07. The van der Waals surface area contributed by atoms with E-state index < -0.39 is 11.9 Å². The Bertz CT molecular complexity index is 1480. The quantitative estimate of drug-likeness (QED) is 0.0784. The Hall–Kier alpha value is -4.21. The molecule has 1 heterocycles. The lowest BCUT2D eigenvalue weighted by Crippen LogP contribution is -2.34. The maximum Gasteiger partial charge on any atom is 0.355 e. The zero-order valence-electron chi connectivity index (χ0n) is 21.1. The van der Waals surface area contributed by atoms with Gasteiger partial charge in [-0.25, -0.2) is 10.2 Å². The molecular weight excluding hydrogens is 538 g/mol. The number of hydrogen-bond acceptors (Lipinski definition) is 7. The molecule has 0 saturated carbocycles. The number of ether oxygens (including phenoxy) is 2. The fraction of sp³-hybridized carbons (Fsp3) is 0.172. The Balaban J connectivity index is 1.21. The molecule has 39 heavy (non-hydrogen) atoms. The number of carbonyl (C=O) groups excluding carboxylic acids is 3. The molecule has 0 saturated heterocycles. The highest BCUT2D eigenvalue weighted by Crippen LogP contribution is 2.35. The van der Waals surface area contributed by atoms with Crippen molar-refractivity contribution in [1.29, 1.82) is 0 Å². The van der Waals surface area contributed by atoms with E-state index >= 15 is 0 Å². The van der Waals surface area contributed by atoms with Gasteiger partial charge in [-0.3, -0.25) is 9.59 Å². The van der Waals surface area contributed by atoms with Gasteiger partial charge in [0.1, 0.15) is 16.4 Å². The molecule has 4 aromatic rings. The number of hydrogen-bond donors (Lipinski definition) is 2. The summed E-state index contributed by atoms with van der Waals surface area (Å²) in [4.78, 5) is 37.2. The zero-order chi connectivity index (χ0) is 27.6. The van der Waals surface area contributed by atoms with Crippen molar-refractivity contribution < 1.29 is 23.9 Å². The second kappa shape index (κ2) is 13.5. The Morgan fingerprint density at radius 2 is 1.69 bits per heavy atom. The monoisotopic (exact) mass is 563 g/mol. The third-order valence-corrected chi connectivity index (χ3v) is 7.16. The molecular formula is C29H26ClN3O5S. The number of halogens is 1. The van der Waals surface area contributed by atoms with E-state index in [1.54, 1.807) is 48.5 Å². The predicted molar refractivity (Wildman–Crippen MR) is 153 cm³/mol. The van der Waals surface area contributed by atoms with Crippen LogP contribution in [0, 0.1) is 0 Å². The van der Waals surface area contributed by atoms with E-state index in [-0.39, 0.29) is 12.5 Å². The van der Waals surface area contributed by atoms with Gasteiger partial charge >= 0.3 is 5.97 Å². The number of amides is 2. The first-order valence-electron chi connectivity index (χ1n) is 12.3. The molecule has 1 aromatic heterocycles. The second-order valence-corrected chi connectivity index (χ2v) is 9.83. The molecule has 3 aromatic carbocycles. The van der Waals surface area contributed by atoms with Crippen LogP contribution >= 0.6 is 22.9 Å². The van der Waals surface area contributed by atoms with Crippen molar-refractivity contribution in [3.05, 3.63) is 93.8 Å². The highest BCUT2D eigenvalue weighted by molar-refractivity contribution is 7.21. The van der Waals surface area contributed by atoms with Crippen LogP contribution in [0.2, 0.25) is 5.02 Å². The molecule has 2 amide bonds. The standard InChI is InChI=1S/C29H26ClN3O5S/c1-2-3-16-37-21-14-10-20(11-15-21)28(35)31-18-25(34)33-32-17-19-8-12-22(13-9-19)38-29(36)27-26(30)23-6-4-5-7-24(23)39-27/h4-15,17H,2-3,16,18H2,1H3,(H,31,35)(H,33,34)/b32-17-. The summed E-state index contributed by atoms with van der Waals surface area (Å²) in [5.41, 5.74) is 3.45. The number of unbranched alkanes of at least 4 members (excludes halogenated alkanes) is 1. The molecule has 8 nitrogen and oxygen atoms in total. The second-order valence-electron chi connectivity index (χ2n) is 8.40. The number of rotatable bonds is 11. The summed E-state index contributed by atoms with van der Waals surface area (Å²) in [6, 6.07) is 20.8. The van der Waals surface area contributed by atoms with Gasteiger partial charge in [0.2, 0.25) is 0 Å². The molecule has 0 radical (unpaired) electrons. The van der Waals surface area contributed by atoms with Crippen molar-refractivity contribution in [2.45, 2.75) is 19.8 Å². The fourth-order valence-corrected chi connectivity index (χ4v) is 4.82. The first kappa shape index (κ1) is 27.8. The van der Waals surface area contributed by atoms with E-state index in [0.717, 1.165) is 22.9 Å². The van der Waals surface area contributed by atoms with Crippen molar-refractivity contribution in [3.8, 4) is 11.5 Å². The van der Waals surface area contributed by atoms with Crippen LogP contribution < -0.4 is 20.2 Å². The first-order chi connectivity index (χ1) is 18.9. The molecule has 0 atom stereocenters. The van der Waals surface area contributed by atoms with Gasteiger partial charge < -0.3 is 14.8 Å². The highest BCUT2D eigenvalue weighted by atomic mass is 35.5. The summed E-state index contributed by atoms with van der Waals surface area (Å²) in [5.74, 6) is -0.355. The van der Waals surface area contributed by atoms with Crippen molar-refractivity contribution in [1.82, 2.24) is 10.7 Å². The van der Waals surface area contributed by atoms with Crippen LogP contribution in [-0.2, 0) is 4.79 Å². The predicted octanol–water partition coefficient (Wildman–Crippen LogP) is 5.83. The molecule has 4 rings (SSSR count). The van der Waals surface area contributed by atoms with Crippen molar-refractivity contribution in [2.24, 2.45) is 5.10 Å². The molecule has 0 aliphatic carbocycles. The lowest BCUT2D eigenvalue weighted by molar-refractivity contribution is -0.120. The van der Waals surface area contributed by atoms with Crippen molar-refractivity contribution in [3.63, 3.8) is 0 Å². The van der Waals surface area contributed by atoms with Gasteiger partial charge in [0, 0.05) is 15.6 Å². The van der Waals surface area contributed by atoms with E-state index in [9.17, 15) is 14.4 Å². The zero-order valence-corrected chi connectivity index (χ0v) is 22.7. The number of benzene rings is 3. The van der Waals surface area contributed by atoms with Crippen LogP contribution in [0.1, 0.15) is 45.4 Å². The summed E-state index contributed by atoms with van der Waals surface area (Å²) >= 11 is 7.63. The SMILES string of the molecule is CCCCOc1ccc(C(=O)NCC(=O)N/N=C\c2ccc(OC(=O)c3sc4ccccc4c3Cl)cc2)cc1. The third-order valence-electron chi connectivity index (χ3n) is 5.51. The molecule has 0 fully saturated rings. The highest BCUT2D eigenvalue weighted by Gasteiger charge is 2.19. The van der Waals surface area contributed by atoms with Crippen LogP contribution in [0.4, 0.5) is 0 Å². The summed E-state index contributed by atoms with van der Waals surface area (Å²) in [6.07, 6.45) is 3.44. The van der Waals surface area contributed by atoms with Gasteiger partial charge in [0.15, 0.2) is 0 Å². The van der Waals surface area contributed by atoms with Crippen molar-refractivity contribution >= 4 is 57.0 Å². The van der Waals surface area contributed by atoms with Gasteiger partial charge in [-0.05, 0) is 66.6 Å². The van der Waals surface area contributed by atoms with Gasteiger partial charge in [-0.1, -0.05) is 43.1 Å². The van der Waals surface area contributed by atoms with E-state index in [2.05, 4.69) is 22.8 Å². The van der Waals surface area contributed by atoms with Gasteiger partial charge in [-0.2, -0.15) is 5.10 Å². The summed E-state index contributed by atoms with van der Waals surface area (Å²) < 4.78 is 11.9. The Kier molecular flexibility index (Phi) is 9.66. The normalized spacial score (nSPS) is 10.9. The van der Waals surface area contributed by atoms with E-state index in [4.69, 9.17) is 21.1 Å². The molecule has 0 aliphatic heterocycles. The minimum Gasteiger partial charge on any atom is -0.494 e. The van der Waals surface area contributed by atoms with Gasteiger partial charge in [-0.15, -0.1) is 11.3 Å². The third kappa shape index (κ3) is 7.66. The minimum atomic E-state index is -0.534. The summed E-state index contributed by atoms with van der Waals surface area (Å²) in [6.45, 7) is 2.48. The number of thiophene rings is 1. The van der Waals surface area contributed by atoms with Crippen LogP contribution in [0.5, 0.6) is 11.5 Å². The summed E-state index contributed by atoms with van der Waals surface area (Å²) in [5, 5.41) is 7.63. The average Bonchev–Trinajstić information content (AvgIpc) is 3.30. The average molecular weight is 564 g/mol. The van der Waals surface area contributed by atoms with Crippen LogP contribution in [0.15, 0.2) is 77.9 Å². The number of nitrogens with one attached hydrogen (secondary N) is 2. The topological polar surface area (TPSA) is 106 Å². The molecule has 2 N–H and O–H groups in total. The number of nitrogens with zero attached hydrogens (tertiary/aromatic N) is 1. The number of hydrazone groups is 1. The lowest BCUT2D eigenvalue weighted by atomic mass is 10.2. The smallest absolute Gasteiger partial charge is 0.355 e. The molecule has 0 aliphatic rings. The number of esters is 1. The van der Waals surface area contributed by atoms with Crippen molar-refractivity contribution in [2.75, 3.05) is 13.2 Å². The Morgan fingerprint density at radius 1 is 0.974 bits per heavy atom. The van der Waals surface area contributed by atoms with E-state index in [1.165, 1.54) is 17.6 Å². The van der Waals surface area contributed by atoms with E-state index in [0.29, 0.717) is 39.1 Å². The maximum absolute atomic E-state index is 12.6. The molecule has 0 bridgehead atoms. The first-order valence-corrected chi connectivity index (χ1v) is 13.5.